The molecular weight excluding hydrogens is 136 g/mol. The fourth-order valence-corrected chi connectivity index (χ4v) is 1.27. The van der Waals surface area contributed by atoms with Crippen LogP contribution in [0, 0.1) is 6.92 Å². The fraction of sp³-hybridized carbons (Fsp3) is 0.400. The number of hydrogen-bond donors (Lipinski definition) is 1. The number of nitrogens with zero attached hydrogens (tertiary/aromatic N) is 1. The lowest BCUT2D eigenvalue weighted by Crippen LogP contribution is -1.96. The lowest BCUT2D eigenvalue weighted by atomic mass is 10.6. The number of aromatic nitrogens is 1. The zero-order valence-corrected chi connectivity index (χ0v) is 5.94. The quantitative estimate of drug-likeness (QED) is 0.626. The molecule has 0 saturated heterocycles. The van der Waals surface area contributed by atoms with Crippen LogP contribution < -0.4 is 5.90 Å². The van der Waals surface area contributed by atoms with E-state index in [0.717, 1.165) is 9.88 Å². The minimum absolute atomic E-state index is 0.464. The topological polar surface area (TPSA) is 48.1 Å². The summed E-state index contributed by atoms with van der Waals surface area (Å²) in [4.78, 5) is 9.49. The molecule has 50 valence electrons. The highest BCUT2D eigenvalue weighted by molar-refractivity contribution is 7.11. The van der Waals surface area contributed by atoms with E-state index in [-0.39, 0.29) is 0 Å². The van der Waals surface area contributed by atoms with Gasteiger partial charge in [-0.1, -0.05) is 0 Å². The molecule has 0 saturated carbocycles. The van der Waals surface area contributed by atoms with E-state index in [1.54, 1.807) is 17.5 Å². The lowest BCUT2D eigenvalue weighted by Gasteiger charge is -1.87. The molecule has 4 heteroatoms. The lowest BCUT2D eigenvalue weighted by molar-refractivity contribution is 0.126. The van der Waals surface area contributed by atoms with Gasteiger partial charge in [0.25, 0.3) is 0 Å². The predicted octanol–water partition coefficient (Wildman–Crippen LogP) is 0.842. The zero-order chi connectivity index (χ0) is 6.69. The van der Waals surface area contributed by atoms with Crippen molar-refractivity contribution in [2.45, 2.75) is 13.5 Å². The van der Waals surface area contributed by atoms with E-state index in [0.29, 0.717) is 6.61 Å². The highest BCUT2D eigenvalue weighted by Gasteiger charge is 1.94. The van der Waals surface area contributed by atoms with Gasteiger partial charge in [0.2, 0.25) is 0 Å². The molecule has 0 aliphatic heterocycles. The molecule has 0 radical (unpaired) electrons. The first-order valence-corrected chi connectivity index (χ1v) is 3.37. The van der Waals surface area contributed by atoms with E-state index < -0.39 is 0 Å². The third-order valence-electron chi connectivity index (χ3n) is 0.895. The number of nitrogens with two attached hydrogens (primary N) is 1. The first-order chi connectivity index (χ1) is 4.33. The van der Waals surface area contributed by atoms with E-state index >= 15 is 0 Å². The van der Waals surface area contributed by atoms with Crippen LogP contribution in [0.3, 0.4) is 0 Å². The summed E-state index contributed by atoms with van der Waals surface area (Å²) in [6, 6.07) is 0. The molecule has 0 fully saturated rings. The molecular formula is C5H8N2OS. The van der Waals surface area contributed by atoms with Gasteiger partial charge in [0.15, 0.2) is 0 Å². The van der Waals surface area contributed by atoms with Crippen molar-refractivity contribution in [1.29, 1.82) is 0 Å². The SMILES string of the molecule is Cc1ncc(CON)s1. The minimum Gasteiger partial charge on any atom is -0.299 e. The van der Waals surface area contributed by atoms with E-state index in [2.05, 4.69) is 9.82 Å². The van der Waals surface area contributed by atoms with Crippen molar-refractivity contribution in [2.75, 3.05) is 0 Å². The van der Waals surface area contributed by atoms with Crippen LogP contribution in [0.4, 0.5) is 0 Å². The molecule has 1 aromatic rings. The maximum Gasteiger partial charge on any atom is 0.104 e. The van der Waals surface area contributed by atoms with Crippen molar-refractivity contribution in [1.82, 2.24) is 4.98 Å². The number of hydrogen-bond acceptors (Lipinski definition) is 4. The molecule has 3 nitrogen and oxygen atoms in total. The second-order valence-electron chi connectivity index (χ2n) is 1.66. The molecule has 0 unspecified atom stereocenters. The molecule has 0 amide bonds. The van der Waals surface area contributed by atoms with Crippen molar-refractivity contribution in [2.24, 2.45) is 5.90 Å². The summed E-state index contributed by atoms with van der Waals surface area (Å²) in [5, 5.41) is 1.04. The Morgan fingerprint density at radius 2 is 2.67 bits per heavy atom. The Balaban J connectivity index is 2.61. The summed E-state index contributed by atoms with van der Waals surface area (Å²) in [6.07, 6.45) is 1.77. The normalized spacial score (nSPS) is 10.0. The Labute approximate surface area is 57.4 Å². The van der Waals surface area contributed by atoms with Gasteiger partial charge in [-0.2, -0.15) is 0 Å². The Morgan fingerprint density at radius 3 is 3.11 bits per heavy atom. The summed E-state index contributed by atoms with van der Waals surface area (Å²) in [5.41, 5.74) is 0. The van der Waals surface area contributed by atoms with Crippen molar-refractivity contribution in [3.05, 3.63) is 16.1 Å². The molecule has 1 rings (SSSR count). The second kappa shape index (κ2) is 2.91. The molecule has 1 heterocycles. The molecule has 9 heavy (non-hydrogen) atoms. The van der Waals surface area contributed by atoms with Crippen molar-refractivity contribution < 1.29 is 4.84 Å². The number of rotatable bonds is 2. The summed E-state index contributed by atoms with van der Waals surface area (Å²) < 4.78 is 0. The van der Waals surface area contributed by atoms with Gasteiger partial charge in [-0.05, 0) is 6.92 Å². The standard InChI is InChI=1S/C5H8N2OS/c1-4-7-2-5(9-4)3-8-6/h2H,3,6H2,1H3. The third-order valence-corrected chi connectivity index (χ3v) is 1.78. The predicted molar refractivity (Wildman–Crippen MR) is 35.8 cm³/mol. The Bertz CT molecular complexity index is 187. The van der Waals surface area contributed by atoms with Crippen molar-refractivity contribution in [3.8, 4) is 0 Å². The van der Waals surface area contributed by atoms with Gasteiger partial charge in [0.1, 0.15) is 6.61 Å². The molecule has 0 spiro atoms. The van der Waals surface area contributed by atoms with E-state index in [1.807, 2.05) is 6.92 Å². The molecule has 0 aliphatic rings. The third kappa shape index (κ3) is 1.74. The van der Waals surface area contributed by atoms with Crippen LogP contribution in [0.5, 0.6) is 0 Å². The van der Waals surface area contributed by atoms with Gasteiger partial charge in [0, 0.05) is 6.20 Å². The van der Waals surface area contributed by atoms with E-state index in [9.17, 15) is 0 Å². The molecule has 0 bridgehead atoms. The zero-order valence-electron chi connectivity index (χ0n) is 5.13. The van der Waals surface area contributed by atoms with Crippen LogP contribution in [0.2, 0.25) is 0 Å². The van der Waals surface area contributed by atoms with Gasteiger partial charge in [-0.15, -0.1) is 11.3 Å². The smallest absolute Gasteiger partial charge is 0.104 e. The van der Waals surface area contributed by atoms with Crippen LogP contribution in [-0.4, -0.2) is 4.98 Å². The fourth-order valence-electron chi connectivity index (χ4n) is 0.554. The average Bonchev–Trinajstić information content (AvgIpc) is 2.17. The largest absolute Gasteiger partial charge is 0.299 e. The monoisotopic (exact) mass is 144 g/mol. The first kappa shape index (κ1) is 6.67. The van der Waals surface area contributed by atoms with Gasteiger partial charge >= 0.3 is 0 Å². The van der Waals surface area contributed by atoms with Crippen molar-refractivity contribution >= 4 is 11.3 Å². The van der Waals surface area contributed by atoms with Crippen LogP contribution in [-0.2, 0) is 11.4 Å². The van der Waals surface area contributed by atoms with Crippen LogP contribution in [0.1, 0.15) is 9.88 Å². The molecule has 0 atom stereocenters. The maximum absolute atomic E-state index is 4.85. The number of thiazole rings is 1. The van der Waals surface area contributed by atoms with Gasteiger partial charge in [0.05, 0.1) is 9.88 Å². The molecule has 0 aromatic carbocycles. The van der Waals surface area contributed by atoms with Crippen LogP contribution in [0.25, 0.3) is 0 Å². The highest BCUT2D eigenvalue weighted by atomic mass is 32.1. The summed E-state index contributed by atoms with van der Waals surface area (Å²) in [7, 11) is 0. The first-order valence-electron chi connectivity index (χ1n) is 2.56. The number of aryl methyl sites for hydroxylation is 1. The Kier molecular flexibility index (Phi) is 2.16. The van der Waals surface area contributed by atoms with Crippen molar-refractivity contribution in [3.63, 3.8) is 0 Å². The van der Waals surface area contributed by atoms with E-state index in [1.165, 1.54) is 0 Å². The second-order valence-corrected chi connectivity index (χ2v) is 2.98. The maximum atomic E-state index is 4.85. The van der Waals surface area contributed by atoms with Gasteiger partial charge in [-0.25, -0.2) is 10.9 Å². The van der Waals surface area contributed by atoms with Crippen LogP contribution in [0.15, 0.2) is 6.20 Å². The minimum atomic E-state index is 0.464. The summed E-state index contributed by atoms with van der Waals surface area (Å²) in [6.45, 7) is 2.41. The van der Waals surface area contributed by atoms with Gasteiger partial charge in [-0.3, -0.25) is 4.84 Å². The van der Waals surface area contributed by atoms with E-state index in [4.69, 9.17) is 5.90 Å². The molecule has 0 aliphatic carbocycles. The molecule has 1 aromatic heterocycles. The van der Waals surface area contributed by atoms with Crippen LogP contribution >= 0.6 is 11.3 Å². The summed E-state index contributed by atoms with van der Waals surface area (Å²) >= 11 is 1.60. The Hall–Kier alpha value is -0.450. The summed E-state index contributed by atoms with van der Waals surface area (Å²) in [5.74, 6) is 4.85. The molecule has 2 N–H and O–H groups in total. The Morgan fingerprint density at radius 1 is 1.89 bits per heavy atom. The van der Waals surface area contributed by atoms with Gasteiger partial charge < -0.3 is 0 Å². The highest BCUT2D eigenvalue weighted by Crippen LogP contribution is 2.10. The average molecular weight is 144 g/mol.